The molecule has 1 aromatic heterocycles. The van der Waals surface area contributed by atoms with E-state index >= 15 is 0 Å². The maximum atomic E-state index is 12.1. The zero-order valence-electron chi connectivity index (χ0n) is 11.4. The average Bonchev–Trinajstić information content (AvgIpc) is 2.91. The van der Waals surface area contributed by atoms with Crippen LogP contribution in [0.15, 0.2) is 28.6 Å². The molecule has 114 valence electrons. The summed E-state index contributed by atoms with van der Waals surface area (Å²) in [5.74, 6) is -0.0589. The highest BCUT2D eigenvalue weighted by atomic mass is 32.2. The van der Waals surface area contributed by atoms with Crippen molar-refractivity contribution in [2.24, 2.45) is 0 Å². The summed E-state index contributed by atoms with van der Waals surface area (Å²) in [5.41, 5.74) is 7.15. The van der Waals surface area contributed by atoms with Gasteiger partial charge in [0.05, 0.1) is 18.2 Å². The first-order chi connectivity index (χ1) is 10.6. The van der Waals surface area contributed by atoms with Gasteiger partial charge in [-0.05, 0) is 11.6 Å². The quantitative estimate of drug-likeness (QED) is 0.729. The van der Waals surface area contributed by atoms with Gasteiger partial charge in [0.1, 0.15) is 0 Å². The normalized spacial score (nSPS) is 16.7. The first-order valence-corrected chi connectivity index (χ1v) is 8.32. The molecule has 2 heterocycles. The Labute approximate surface area is 134 Å². The molecular weight excluding hydrogens is 322 g/mol. The highest BCUT2D eigenvalue weighted by molar-refractivity contribution is 8.01. The number of para-hydroxylation sites is 1. The summed E-state index contributed by atoms with van der Waals surface area (Å²) in [5, 5.41) is 13.6. The van der Waals surface area contributed by atoms with Gasteiger partial charge in [0.15, 0.2) is 4.34 Å². The Balaban J connectivity index is 1.63. The smallest absolute Gasteiger partial charge is 0.230 e. The van der Waals surface area contributed by atoms with E-state index in [4.69, 9.17) is 5.73 Å². The van der Waals surface area contributed by atoms with Crippen molar-refractivity contribution in [3.63, 3.8) is 0 Å². The summed E-state index contributed by atoms with van der Waals surface area (Å²) in [6.07, 6.45) is 0.235. The van der Waals surface area contributed by atoms with Crippen LogP contribution in [0.2, 0.25) is 0 Å². The average molecular weight is 335 g/mol. The summed E-state index contributed by atoms with van der Waals surface area (Å²) in [6, 6.07) is 7.15. The fraction of sp³-hybridized carbons (Fsp3) is 0.231. The van der Waals surface area contributed by atoms with E-state index in [2.05, 4.69) is 20.8 Å². The lowest BCUT2D eigenvalue weighted by Gasteiger charge is -2.26. The molecule has 22 heavy (non-hydrogen) atoms. The van der Waals surface area contributed by atoms with Gasteiger partial charge >= 0.3 is 0 Å². The van der Waals surface area contributed by atoms with Gasteiger partial charge in [0, 0.05) is 5.69 Å². The number of amides is 2. The minimum Gasteiger partial charge on any atom is -0.374 e. The molecule has 2 amide bonds. The molecule has 9 heteroatoms. The fourth-order valence-corrected chi connectivity index (χ4v) is 3.63. The molecule has 0 unspecified atom stereocenters. The van der Waals surface area contributed by atoms with Crippen LogP contribution in [-0.4, -0.2) is 27.8 Å². The van der Waals surface area contributed by atoms with Crippen molar-refractivity contribution in [1.29, 1.82) is 0 Å². The Morgan fingerprint density at radius 3 is 3.05 bits per heavy atom. The molecule has 0 fully saturated rings. The second-order valence-electron chi connectivity index (χ2n) is 4.65. The van der Waals surface area contributed by atoms with E-state index in [9.17, 15) is 9.59 Å². The maximum Gasteiger partial charge on any atom is 0.230 e. The van der Waals surface area contributed by atoms with E-state index in [0.717, 1.165) is 11.3 Å². The number of carbonyl (C=O) groups excluding carboxylic acids is 2. The van der Waals surface area contributed by atoms with Crippen LogP contribution >= 0.6 is 23.1 Å². The first-order valence-electron chi connectivity index (χ1n) is 6.52. The van der Waals surface area contributed by atoms with Crippen LogP contribution in [0.5, 0.6) is 0 Å². The topological polar surface area (TPSA) is 110 Å². The number of rotatable bonds is 4. The molecule has 7 nitrogen and oxygen atoms in total. The summed E-state index contributed by atoms with van der Waals surface area (Å²) >= 11 is 2.51. The Kier molecular flexibility index (Phi) is 4.25. The number of carbonyl (C=O) groups is 2. The molecule has 4 N–H and O–H groups in total. The van der Waals surface area contributed by atoms with Gasteiger partial charge in [-0.15, -0.1) is 10.2 Å². The molecular formula is C13H13N5O2S2. The molecule has 3 rings (SSSR count). The standard InChI is InChI=1S/C13H13N5O2S2/c14-12-17-18-13(22-12)21-6-11(20)16-9-5-10(19)15-8-4-2-1-3-7(8)9/h1-4,9H,5-6H2,(H2,14,17)(H,15,19)(H,16,20)/t9-/m1/s1. The number of thioether (sulfide) groups is 1. The van der Waals surface area contributed by atoms with Crippen LogP contribution in [0.1, 0.15) is 18.0 Å². The number of aromatic nitrogens is 2. The second kappa shape index (κ2) is 6.32. The van der Waals surface area contributed by atoms with Gasteiger partial charge in [-0.1, -0.05) is 41.3 Å². The lowest BCUT2D eigenvalue weighted by Crippen LogP contribution is -2.35. The zero-order valence-corrected chi connectivity index (χ0v) is 13.0. The molecule has 0 spiro atoms. The summed E-state index contributed by atoms with van der Waals surface area (Å²) < 4.78 is 0.648. The molecule has 0 radical (unpaired) electrons. The van der Waals surface area contributed by atoms with Crippen molar-refractivity contribution in [2.45, 2.75) is 16.8 Å². The predicted molar refractivity (Wildman–Crippen MR) is 85.6 cm³/mol. The second-order valence-corrected chi connectivity index (χ2v) is 6.89. The monoisotopic (exact) mass is 335 g/mol. The lowest BCUT2D eigenvalue weighted by atomic mass is 9.97. The van der Waals surface area contributed by atoms with Crippen molar-refractivity contribution in [3.8, 4) is 0 Å². The number of fused-ring (bicyclic) bond motifs is 1. The molecule has 1 aliphatic heterocycles. The Hall–Kier alpha value is -2.13. The van der Waals surface area contributed by atoms with E-state index in [0.29, 0.717) is 9.47 Å². The van der Waals surface area contributed by atoms with Crippen molar-refractivity contribution >= 4 is 45.7 Å². The van der Waals surface area contributed by atoms with Crippen LogP contribution in [0.25, 0.3) is 0 Å². The first kappa shape index (κ1) is 14.8. The lowest BCUT2D eigenvalue weighted by molar-refractivity contribution is -0.120. The van der Waals surface area contributed by atoms with E-state index < -0.39 is 0 Å². The van der Waals surface area contributed by atoms with Crippen LogP contribution < -0.4 is 16.4 Å². The predicted octanol–water partition coefficient (Wildman–Crippen LogP) is 1.41. The number of hydrogen-bond donors (Lipinski definition) is 3. The van der Waals surface area contributed by atoms with Crippen molar-refractivity contribution < 1.29 is 9.59 Å². The van der Waals surface area contributed by atoms with E-state index in [1.54, 1.807) is 0 Å². The van der Waals surface area contributed by atoms with Gasteiger partial charge < -0.3 is 16.4 Å². The number of nitrogen functional groups attached to an aromatic ring is 1. The van der Waals surface area contributed by atoms with E-state index in [1.165, 1.54) is 23.1 Å². The minimum atomic E-state index is -0.308. The minimum absolute atomic E-state index is 0.103. The molecule has 0 saturated carbocycles. The third kappa shape index (κ3) is 3.37. The van der Waals surface area contributed by atoms with Gasteiger partial charge in [-0.25, -0.2) is 0 Å². The molecule has 0 saturated heterocycles. The molecule has 0 aliphatic carbocycles. The highest BCUT2D eigenvalue weighted by Gasteiger charge is 2.26. The van der Waals surface area contributed by atoms with Gasteiger partial charge in [0.2, 0.25) is 16.9 Å². The van der Waals surface area contributed by atoms with Crippen LogP contribution in [0.3, 0.4) is 0 Å². The number of benzene rings is 1. The van der Waals surface area contributed by atoms with Crippen molar-refractivity contribution in [2.75, 3.05) is 16.8 Å². The third-order valence-corrected chi connectivity index (χ3v) is 4.97. The largest absolute Gasteiger partial charge is 0.374 e. The maximum absolute atomic E-state index is 12.1. The Morgan fingerprint density at radius 1 is 1.45 bits per heavy atom. The Morgan fingerprint density at radius 2 is 2.27 bits per heavy atom. The fourth-order valence-electron chi connectivity index (χ4n) is 2.18. The SMILES string of the molecule is Nc1nnc(SCC(=O)N[C@@H]2CC(=O)Nc3ccccc32)s1. The molecule has 1 atom stereocenters. The summed E-state index contributed by atoms with van der Waals surface area (Å²) in [6.45, 7) is 0. The molecule has 0 bridgehead atoms. The molecule has 1 aromatic carbocycles. The number of nitrogens with one attached hydrogen (secondary N) is 2. The van der Waals surface area contributed by atoms with Crippen LogP contribution in [0.4, 0.5) is 10.8 Å². The summed E-state index contributed by atoms with van der Waals surface area (Å²) in [7, 11) is 0. The van der Waals surface area contributed by atoms with Crippen LogP contribution in [0, 0.1) is 0 Å². The third-order valence-electron chi connectivity index (χ3n) is 3.08. The van der Waals surface area contributed by atoms with Gasteiger partial charge in [0.25, 0.3) is 0 Å². The van der Waals surface area contributed by atoms with Gasteiger partial charge in [-0.3, -0.25) is 9.59 Å². The number of nitrogens with zero attached hydrogens (tertiary/aromatic N) is 2. The molecule has 2 aromatic rings. The number of hydrogen-bond acceptors (Lipinski definition) is 7. The van der Waals surface area contributed by atoms with Gasteiger partial charge in [-0.2, -0.15) is 0 Å². The number of nitrogens with two attached hydrogens (primary N) is 1. The highest BCUT2D eigenvalue weighted by Crippen LogP contribution is 2.30. The van der Waals surface area contributed by atoms with E-state index in [-0.39, 0.29) is 30.0 Å². The van der Waals surface area contributed by atoms with Crippen molar-refractivity contribution in [3.05, 3.63) is 29.8 Å². The zero-order chi connectivity index (χ0) is 15.5. The van der Waals surface area contributed by atoms with Crippen LogP contribution in [-0.2, 0) is 9.59 Å². The molecule has 1 aliphatic rings. The number of anilines is 2. The Bertz CT molecular complexity index is 718. The van der Waals surface area contributed by atoms with E-state index in [1.807, 2.05) is 24.3 Å². The summed E-state index contributed by atoms with van der Waals surface area (Å²) in [4.78, 5) is 23.8. The van der Waals surface area contributed by atoms with Crippen molar-refractivity contribution in [1.82, 2.24) is 15.5 Å².